The van der Waals surface area contributed by atoms with Crippen LogP contribution in [0.15, 0.2) is 59.1 Å². The second-order valence-electron chi connectivity index (χ2n) is 9.49. The van der Waals surface area contributed by atoms with Crippen LogP contribution in [0.25, 0.3) is 44.0 Å². The van der Waals surface area contributed by atoms with Crippen molar-refractivity contribution >= 4 is 32.7 Å². The van der Waals surface area contributed by atoms with E-state index in [1.807, 2.05) is 6.20 Å². The summed E-state index contributed by atoms with van der Waals surface area (Å²) in [7, 11) is 0. The Balaban J connectivity index is 1.93. The molecule has 148 valence electrons. The Morgan fingerprint density at radius 2 is 1.70 bits per heavy atom. The van der Waals surface area contributed by atoms with Crippen molar-refractivity contribution in [1.82, 2.24) is 4.98 Å². The van der Waals surface area contributed by atoms with Crippen LogP contribution < -0.4 is 0 Å². The number of aromatic nitrogens is 1. The minimum atomic E-state index is -0.185. The summed E-state index contributed by atoms with van der Waals surface area (Å²) in [6.07, 6.45) is 1.96. The number of pyridine rings is 1. The van der Waals surface area contributed by atoms with Gasteiger partial charge in [0.05, 0.1) is 11.1 Å². The quantitative estimate of drug-likeness (QED) is 0.290. The molecule has 0 aliphatic heterocycles. The topological polar surface area (TPSA) is 26.0 Å². The van der Waals surface area contributed by atoms with Crippen LogP contribution in [0.4, 0.5) is 0 Å². The van der Waals surface area contributed by atoms with Gasteiger partial charge in [-0.3, -0.25) is 4.98 Å². The van der Waals surface area contributed by atoms with Crippen molar-refractivity contribution in [3.8, 4) is 11.3 Å². The maximum Gasteiger partial charge on any atom is 0.142 e. The fraction of sp³-hybridized carbons (Fsp3) is 0.250. The van der Waals surface area contributed by atoms with Crippen molar-refractivity contribution in [3.63, 3.8) is 0 Å². The number of hydrogen-bond donors (Lipinski definition) is 0. The van der Waals surface area contributed by atoms with Gasteiger partial charge in [-0.1, -0.05) is 76.2 Å². The molecule has 0 amide bonds. The van der Waals surface area contributed by atoms with Gasteiger partial charge in [-0.15, -0.1) is 0 Å². The van der Waals surface area contributed by atoms with E-state index in [1.54, 1.807) is 0 Å². The molecule has 0 N–H and O–H groups in total. The van der Waals surface area contributed by atoms with Gasteiger partial charge in [-0.05, 0) is 40.3 Å². The lowest BCUT2D eigenvalue weighted by Gasteiger charge is -2.29. The molecule has 0 atom stereocenters. The van der Waals surface area contributed by atoms with Crippen LogP contribution in [-0.4, -0.2) is 4.98 Å². The fourth-order valence-electron chi connectivity index (χ4n) is 5.47. The molecule has 0 fully saturated rings. The zero-order valence-electron chi connectivity index (χ0n) is 18.1. The fourth-order valence-corrected chi connectivity index (χ4v) is 5.47. The van der Waals surface area contributed by atoms with Gasteiger partial charge in [0.25, 0.3) is 0 Å². The van der Waals surface area contributed by atoms with Crippen LogP contribution in [0.1, 0.15) is 55.9 Å². The Kier molecular flexibility index (Phi) is 3.38. The lowest BCUT2D eigenvalue weighted by atomic mass is 9.73. The number of rotatable bonds is 1. The monoisotopic (exact) mass is 391 g/mol. The first-order chi connectivity index (χ1) is 14.4. The molecule has 5 aromatic rings. The van der Waals surface area contributed by atoms with E-state index in [1.165, 1.54) is 43.8 Å². The number of furan rings is 1. The first-order valence-electron chi connectivity index (χ1n) is 10.8. The molecule has 30 heavy (non-hydrogen) atoms. The summed E-state index contributed by atoms with van der Waals surface area (Å²) in [5, 5.41) is 4.99. The van der Waals surface area contributed by atoms with E-state index in [9.17, 15) is 0 Å². The molecular formula is C28H25NO. The minimum Gasteiger partial charge on any atom is -0.455 e. The SMILES string of the molecule is Cc1cnc2c3c1oc1c(C(C)C)ccc(c13)C(C)(C)c1c-2ccc2ccccc12. The van der Waals surface area contributed by atoms with Gasteiger partial charge in [-0.2, -0.15) is 0 Å². The third-order valence-corrected chi connectivity index (χ3v) is 6.96. The van der Waals surface area contributed by atoms with Crippen LogP contribution in [-0.2, 0) is 5.41 Å². The third kappa shape index (κ3) is 2.06. The molecule has 6 rings (SSSR count). The molecule has 0 spiro atoms. The van der Waals surface area contributed by atoms with Crippen molar-refractivity contribution in [2.24, 2.45) is 0 Å². The summed E-state index contributed by atoms with van der Waals surface area (Å²) in [4.78, 5) is 4.98. The largest absolute Gasteiger partial charge is 0.455 e. The standard InChI is InChI=1S/C28H25NO/c1-15(2)18-12-13-21-22-23-25(29-14-16(3)26(23)30-27(18)22)20-11-10-17-8-6-7-9-19(17)24(20)28(21,4)5/h6-15H,1-5H3. The van der Waals surface area contributed by atoms with Gasteiger partial charge < -0.3 is 4.42 Å². The average molecular weight is 392 g/mol. The van der Waals surface area contributed by atoms with Crippen LogP contribution in [0, 0.1) is 6.92 Å². The molecule has 2 heterocycles. The Morgan fingerprint density at radius 1 is 0.900 bits per heavy atom. The first-order valence-corrected chi connectivity index (χ1v) is 10.8. The smallest absolute Gasteiger partial charge is 0.142 e. The molecule has 1 aliphatic rings. The zero-order chi connectivity index (χ0) is 20.8. The van der Waals surface area contributed by atoms with E-state index in [2.05, 4.69) is 83.1 Å². The minimum absolute atomic E-state index is 0.185. The molecule has 0 bridgehead atoms. The summed E-state index contributed by atoms with van der Waals surface area (Å²) in [5.74, 6) is 0.394. The third-order valence-electron chi connectivity index (χ3n) is 6.96. The predicted octanol–water partition coefficient (Wildman–Crippen LogP) is 7.87. The molecular weight excluding hydrogens is 366 g/mol. The van der Waals surface area contributed by atoms with Crippen molar-refractivity contribution < 1.29 is 4.42 Å². The van der Waals surface area contributed by atoms with E-state index < -0.39 is 0 Å². The van der Waals surface area contributed by atoms with Crippen molar-refractivity contribution in [2.75, 3.05) is 0 Å². The Labute approximate surface area is 176 Å². The highest BCUT2D eigenvalue weighted by atomic mass is 16.3. The van der Waals surface area contributed by atoms with Crippen molar-refractivity contribution in [3.05, 3.63) is 77.0 Å². The van der Waals surface area contributed by atoms with Crippen LogP contribution in [0.2, 0.25) is 0 Å². The van der Waals surface area contributed by atoms with E-state index in [-0.39, 0.29) is 5.41 Å². The summed E-state index contributed by atoms with van der Waals surface area (Å²) in [6.45, 7) is 11.3. The number of hydrogen-bond acceptors (Lipinski definition) is 2. The van der Waals surface area contributed by atoms with Crippen LogP contribution in [0.5, 0.6) is 0 Å². The van der Waals surface area contributed by atoms with Gasteiger partial charge >= 0.3 is 0 Å². The van der Waals surface area contributed by atoms with Gasteiger partial charge in [-0.25, -0.2) is 0 Å². The molecule has 3 aromatic carbocycles. The van der Waals surface area contributed by atoms with Gasteiger partial charge in [0.15, 0.2) is 0 Å². The normalized spacial score (nSPS) is 14.7. The molecule has 0 unspecified atom stereocenters. The zero-order valence-corrected chi connectivity index (χ0v) is 18.1. The van der Waals surface area contributed by atoms with E-state index >= 15 is 0 Å². The maximum absolute atomic E-state index is 6.59. The van der Waals surface area contributed by atoms with E-state index in [0.717, 1.165) is 22.4 Å². The molecule has 0 radical (unpaired) electrons. The second kappa shape index (κ2) is 5.72. The molecule has 2 heteroatoms. The Hall–Kier alpha value is -3.13. The van der Waals surface area contributed by atoms with Crippen molar-refractivity contribution in [2.45, 2.75) is 46.0 Å². The molecule has 1 aliphatic carbocycles. The molecule has 0 saturated carbocycles. The molecule has 2 aromatic heterocycles. The summed E-state index contributed by atoms with van der Waals surface area (Å²) in [5.41, 5.74) is 9.11. The average Bonchev–Trinajstić information content (AvgIpc) is 3.10. The summed E-state index contributed by atoms with van der Waals surface area (Å²) < 4.78 is 6.59. The second-order valence-corrected chi connectivity index (χ2v) is 9.49. The van der Waals surface area contributed by atoms with Crippen LogP contribution in [0.3, 0.4) is 0 Å². The predicted molar refractivity (Wildman–Crippen MR) is 125 cm³/mol. The number of aryl methyl sites for hydroxylation is 1. The lowest BCUT2D eigenvalue weighted by molar-refractivity contribution is 0.639. The Bertz CT molecular complexity index is 1500. The van der Waals surface area contributed by atoms with Gasteiger partial charge in [0.1, 0.15) is 11.2 Å². The first kappa shape index (κ1) is 17.7. The van der Waals surface area contributed by atoms with Crippen molar-refractivity contribution in [1.29, 1.82) is 0 Å². The highest BCUT2D eigenvalue weighted by Gasteiger charge is 2.36. The molecule has 0 saturated heterocycles. The summed E-state index contributed by atoms with van der Waals surface area (Å²) >= 11 is 0. The Morgan fingerprint density at radius 3 is 2.50 bits per heavy atom. The van der Waals surface area contributed by atoms with Crippen LogP contribution >= 0.6 is 0 Å². The van der Waals surface area contributed by atoms with E-state index in [4.69, 9.17) is 9.40 Å². The van der Waals surface area contributed by atoms with Gasteiger partial charge in [0, 0.05) is 28.1 Å². The maximum atomic E-state index is 6.59. The van der Waals surface area contributed by atoms with E-state index in [0.29, 0.717) is 5.92 Å². The lowest BCUT2D eigenvalue weighted by Crippen LogP contribution is -2.20. The molecule has 2 nitrogen and oxygen atoms in total. The number of fused-ring (bicyclic) bond motifs is 4. The highest BCUT2D eigenvalue weighted by molar-refractivity contribution is 6.17. The van der Waals surface area contributed by atoms with Gasteiger partial charge in [0.2, 0.25) is 0 Å². The summed E-state index contributed by atoms with van der Waals surface area (Å²) in [6, 6.07) is 17.8. The highest BCUT2D eigenvalue weighted by Crippen LogP contribution is 2.52. The number of nitrogens with zero attached hydrogens (tertiary/aromatic N) is 1. The number of benzene rings is 3.